The van der Waals surface area contributed by atoms with Crippen molar-refractivity contribution in [2.45, 2.75) is 45.3 Å². The summed E-state index contributed by atoms with van der Waals surface area (Å²) < 4.78 is 40.6. The molecule has 152 valence electrons. The van der Waals surface area contributed by atoms with Crippen LogP contribution in [0.15, 0.2) is 24.3 Å². The third-order valence-electron chi connectivity index (χ3n) is 5.24. The average Bonchev–Trinajstić information content (AvgIpc) is 3.03. The first-order valence-electron chi connectivity index (χ1n) is 9.40. The van der Waals surface area contributed by atoms with Gasteiger partial charge >= 0.3 is 6.18 Å². The van der Waals surface area contributed by atoms with Crippen molar-refractivity contribution in [1.82, 2.24) is 10.3 Å². The first kappa shape index (κ1) is 19.7. The lowest BCUT2D eigenvalue weighted by Gasteiger charge is -2.21. The molecule has 4 nitrogen and oxygen atoms in total. The SMILES string of the molecule is Cc1ccc(CNC(=O)c2sc3nc(C(F)(F)F)c4c(c3c2N)CCCC4)cc1. The van der Waals surface area contributed by atoms with Gasteiger partial charge in [0, 0.05) is 11.9 Å². The molecule has 3 aromatic rings. The van der Waals surface area contributed by atoms with E-state index in [-0.39, 0.29) is 21.0 Å². The van der Waals surface area contributed by atoms with E-state index in [0.717, 1.165) is 28.9 Å². The minimum Gasteiger partial charge on any atom is -0.397 e. The lowest BCUT2D eigenvalue weighted by molar-refractivity contribution is -0.141. The maximum absolute atomic E-state index is 13.5. The fraction of sp³-hybridized carbons (Fsp3) is 0.333. The monoisotopic (exact) mass is 419 g/mol. The van der Waals surface area contributed by atoms with Crippen molar-refractivity contribution >= 4 is 33.1 Å². The van der Waals surface area contributed by atoms with Crippen molar-refractivity contribution in [1.29, 1.82) is 0 Å². The summed E-state index contributed by atoms with van der Waals surface area (Å²) >= 11 is 0.925. The molecule has 0 saturated carbocycles. The molecule has 0 fully saturated rings. The van der Waals surface area contributed by atoms with Gasteiger partial charge in [-0.25, -0.2) is 4.98 Å². The molecule has 1 aliphatic carbocycles. The molecule has 0 spiro atoms. The van der Waals surface area contributed by atoms with E-state index >= 15 is 0 Å². The average molecular weight is 419 g/mol. The quantitative estimate of drug-likeness (QED) is 0.627. The highest BCUT2D eigenvalue weighted by Gasteiger charge is 2.38. The van der Waals surface area contributed by atoms with Crippen molar-refractivity contribution in [2.24, 2.45) is 0 Å². The minimum atomic E-state index is -4.53. The Balaban J connectivity index is 1.71. The van der Waals surface area contributed by atoms with Gasteiger partial charge in [0.05, 0.1) is 5.69 Å². The van der Waals surface area contributed by atoms with Crippen LogP contribution in [0, 0.1) is 6.92 Å². The Kier molecular flexibility index (Phi) is 4.98. The number of aryl methyl sites for hydroxylation is 2. The van der Waals surface area contributed by atoms with Gasteiger partial charge < -0.3 is 11.1 Å². The molecule has 1 aromatic carbocycles. The Labute approximate surface area is 169 Å². The molecule has 0 atom stereocenters. The van der Waals surface area contributed by atoms with Crippen molar-refractivity contribution < 1.29 is 18.0 Å². The van der Waals surface area contributed by atoms with Gasteiger partial charge in [-0.15, -0.1) is 11.3 Å². The predicted molar refractivity (Wildman–Crippen MR) is 108 cm³/mol. The topological polar surface area (TPSA) is 68.0 Å². The molecule has 0 radical (unpaired) electrons. The van der Waals surface area contributed by atoms with E-state index in [4.69, 9.17) is 5.73 Å². The van der Waals surface area contributed by atoms with E-state index in [9.17, 15) is 18.0 Å². The number of hydrogen-bond donors (Lipinski definition) is 2. The zero-order valence-corrected chi connectivity index (χ0v) is 16.6. The van der Waals surface area contributed by atoms with E-state index in [1.807, 2.05) is 31.2 Å². The van der Waals surface area contributed by atoms with Gasteiger partial charge in [0.15, 0.2) is 0 Å². The molecular formula is C21H20F3N3OS. The van der Waals surface area contributed by atoms with Crippen LogP contribution in [0.1, 0.15) is 50.5 Å². The molecule has 4 rings (SSSR count). The second-order valence-electron chi connectivity index (χ2n) is 7.32. The summed E-state index contributed by atoms with van der Waals surface area (Å²) in [6, 6.07) is 7.73. The number of thiophene rings is 1. The number of alkyl halides is 3. The molecule has 29 heavy (non-hydrogen) atoms. The van der Waals surface area contributed by atoms with E-state index in [2.05, 4.69) is 10.3 Å². The number of amides is 1. The summed E-state index contributed by atoms with van der Waals surface area (Å²) in [4.78, 5) is 17.0. The van der Waals surface area contributed by atoms with Crippen molar-refractivity contribution in [3.05, 3.63) is 57.1 Å². The Morgan fingerprint density at radius 1 is 1.17 bits per heavy atom. The summed E-state index contributed by atoms with van der Waals surface area (Å²) in [6.07, 6.45) is -2.19. The number of nitrogens with one attached hydrogen (secondary N) is 1. The van der Waals surface area contributed by atoms with Gasteiger partial charge in [-0.2, -0.15) is 13.2 Å². The van der Waals surface area contributed by atoms with E-state index < -0.39 is 17.8 Å². The number of pyridine rings is 1. The Morgan fingerprint density at radius 3 is 2.48 bits per heavy atom. The van der Waals surface area contributed by atoms with Crippen LogP contribution < -0.4 is 11.1 Å². The van der Waals surface area contributed by atoms with E-state index in [0.29, 0.717) is 36.8 Å². The molecule has 2 heterocycles. The molecule has 0 bridgehead atoms. The van der Waals surface area contributed by atoms with Gasteiger partial charge in [0.25, 0.3) is 5.91 Å². The lowest BCUT2D eigenvalue weighted by Crippen LogP contribution is -2.22. The van der Waals surface area contributed by atoms with Crippen LogP contribution >= 0.6 is 11.3 Å². The highest BCUT2D eigenvalue weighted by Crippen LogP contribution is 2.43. The van der Waals surface area contributed by atoms with E-state index in [1.54, 1.807) is 0 Å². The summed E-state index contributed by atoms with van der Waals surface area (Å²) in [7, 11) is 0. The number of hydrogen-bond acceptors (Lipinski definition) is 4. The number of carbonyl (C=O) groups is 1. The summed E-state index contributed by atoms with van der Waals surface area (Å²) in [5.41, 5.74) is 8.50. The third kappa shape index (κ3) is 3.69. The largest absolute Gasteiger partial charge is 0.433 e. The highest BCUT2D eigenvalue weighted by molar-refractivity contribution is 7.21. The maximum atomic E-state index is 13.5. The van der Waals surface area contributed by atoms with Crippen LogP contribution in [0.2, 0.25) is 0 Å². The smallest absolute Gasteiger partial charge is 0.397 e. The normalized spacial score (nSPS) is 14.1. The van der Waals surface area contributed by atoms with Crippen LogP contribution in [0.3, 0.4) is 0 Å². The number of benzene rings is 1. The Hall–Kier alpha value is -2.61. The lowest BCUT2D eigenvalue weighted by atomic mass is 9.88. The second-order valence-corrected chi connectivity index (χ2v) is 8.31. The van der Waals surface area contributed by atoms with Crippen LogP contribution in [0.4, 0.5) is 18.9 Å². The van der Waals surface area contributed by atoms with Crippen LogP contribution in [-0.2, 0) is 25.6 Å². The van der Waals surface area contributed by atoms with Gasteiger partial charge in [-0.1, -0.05) is 29.8 Å². The molecule has 1 aliphatic rings. The van der Waals surface area contributed by atoms with Gasteiger partial charge in [0.1, 0.15) is 15.4 Å². The summed E-state index contributed by atoms with van der Waals surface area (Å²) in [5.74, 6) is -0.399. The fourth-order valence-electron chi connectivity index (χ4n) is 3.79. The third-order valence-corrected chi connectivity index (χ3v) is 6.34. The molecule has 0 aliphatic heterocycles. The van der Waals surface area contributed by atoms with Crippen molar-refractivity contribution in [3.8, 4) is 0 Å². The Bertz CT molecular complexity index is 1090. The van der Waals surface area contributed by atoms with Gasteiger partial charge in [-0.05, 0) is 49.3 Å². The first-order chi connectivity index (χ1) is 13.8. The molecule has 1 amide bonds. The number of fused-ring (bicyclic) bond motifs is 3. The predicted octanol–water partition coefficient (Wildman–Crippen LogP) is 5.01. The number of halogens is 3. The zero-order chi connectivity index (χ0) is 20.8. The number of nitrogens with zero attached hydrogens (tertiary/aromatic N) is 1. The maximum Gasteiger partial charge on any atom is 0.433 e. The minimum absolute atomic E-state index is 0.177. The van der Waals surface area contributed by atoms with Crippen LogP contribution in [-0.4, -0.2) is 10.9 Å². The number of aromatic nitrogens is 1. The second kappa shape index (κ2) is 7.33. The fourth-order valence-corrected chi connectivity index (χ4v) is 4.83. The number of rotatable bonds is 3. The summed E-state index contributed by atoms with van der Waals surface area (Å²) in [5, 5.41) is 3.32. The van der Waals surface area contributed by atoms with Crippen molar-refractivity contribution in [3.63, 3.8) is 0 Å². The van der Waals surface area contributed by atoms with Crippen LogP contribution in [0.5, 0.6) is 0 Å². The summed E-state index contributed by atoms with van der Waals surface area (Å²) in [6.45, 7) is 2.29. The number of nitrogens with two attached hydrogens (primary N) is 1. The van der Waals surface area contributed by atoms with Crippen LogP contribution in [0.25, 0.3) is 10.2 Å². The molecule has 8 heteroatoms. The molecule has 2 aromatic heterocycles. The highest BCUT2D eigenvalue weighted by atomic mass is 32.1. The van der Waals surface area contributed by atoms with Gasteiger partial charge in [0.2, 0.25) is 0 Å². The molecule has 0 saturated heterocycles. The molecular weight excluding hydrogens is 399 g/mol. The van der Waals surface area contributed by atoms with Gasteiger partial charge in [-0.3, -0.25) is 4.79 Å². The number of anilines is 1. The Morgan fingerprint density at radius 2 is 1.83 bits per heavy atom. The van der Waals surface area contributed by atoms with E-state index in [1.165, 1.54) is 0 Å². The first-order valence-corrected chi connectivity index (χ1v) is 10.2. The standard InChI is InChI=1S/C21H20F3N3OS/c1-11-6-8-12(9-7-11)10-26-19(28)17-16(25)15-13-4-2-3-5-14(13)18(21(22,23)24)27-20(15)29-17/h6-9H,2-5,10,25H2,1H3,(H,26,28). The zero-order valence-electron chi connectivity index (χ0n) is 15.8. The van der Waals surface area contributed by atoms with Crippen molar-refractivity contribution in [2.75, 3.05) is 5.73 Å². The molecule has 3 N–H and O–H groups in total. The number of nitrogen functional groups attached to an aromatic ring is 1. The number of carbonyl (C=O) groups excluding carboxylic acids is 1. The molecule has 0 unspecified atom stereocenters.